The van der Waals surface area contributed by atoms with Crippen LogP contribution in [-0.2, 0) is 14.3 Å². The van der Waals surface area contributed by atoms with Crippen molar-refractivity contribution >= 4 is 17.3 Å². The monoisotopic (exact) mass is 442 g/mol. The second-order valence-electron chi connectivity index (χ2n) is 10.4. The lowest BCUT2D eigenvalue weighted by Gasteiger charge is -2.38. The van der Waals surface area contributed by atoms with Gasteiger partial charge in [0.2, 0.25) is 0 Å². The summed E-state index contributed by atoms with van der Waals surface area (Å²) in [6.07, 6.45) is 0.761. The zero-order chi connectivity index (χ0) is 24.0. The van der Waals surface area contributed by atoms with E-state index in [2.05, 4.69) is 0 Å². The Bertz CT molecular complexity index is 1110. The Balaban J connectivity index is 2.05. The van der Waals surface area contributed by atoms with Crippen molar-refractivity contribution in [2.24, 2.45) is 16.7 Å². The van der Waals surface area contributed by atoms with Crippen molar-refractivity contribution in [1.29, 1.82) is 0 Å². The molecule has 4 rings (SSSR count). The highest BCUT2D eigenvalue weighted by molar-refractivity contribution is 6.20. The zero-order valence-corrected chi connectivity index (χ0v) is 19.6. The maximum Gasteiger partial charge on any atom is 0.264 e. The SMILES string of the molecule is CCCC(=O)c1c(O)cc(O)c2c1O[C@]1(C(C)C)OC3=C(C(=O)C(C)(C)C(=O)C3(C)C)[C@H]21. The normalized spacial score (nSPS) is 27.1. The minimum Gasteiger partial charge on any atom is -0.507 e. The van der Waals surface area contributed by atoms with E-state index in [9.17, 15) is 24.6 Å². The molecule has 0 unspecified atom stereocenters. The average Bonchev–Trinajstić information content (AvgIpc) is 3.19. The number of benzene rings is 1. The average molecular weight is 443 g/mol. The van der Waals surface area contributed by atoms with Gasteiger partial charge >= 0.3 is 0 Å². The van der Waals surface area contributed by atoms with E-state index in [0.717, 1.165) is 6.07 Å². The topological polar surface area (TPSA) is 110 Å². The Hall–Kier alpha value is -2.83. The van der Waals surface area contributed by atoms with Crippen LogP contribution in [0.3, 0.4) is 0 Å². The molecule has 0 amide bonds. The van der Waals surface area contributed by atoms with Crippen LogP contribution in [-0.4, -0.2) is 33.3 Å². The molecule has 0 fully saturated rings. The number of allylic oxidation sites excluding steroid dienone is 1. The van der Waals surface area contributed by atoms with Gasteiger partial charge in [-0.25, -0.2) is 0 Å². The molecule has 7 heteroatoms. The van der Waals surface area contributed by atoms with Crippen LogP contribution in [0.5, 0.6) is 17.2 Å². The Morgan fingerprint density at radius 1 is 1.06 bits per heavy atom. The van der Waals surface area contributed by atoms with Gasteiger partial charge in [0.15, 0.2) is 17.3 Å². The van der Waals surface area contributed by atoms with Crippen LogP contribution in [0.1, 0.15) is 83.1 Å². The Labute approximate surface area is 187 Å². The number of aromatic hydroxyl groups is 2. The number of hydrogen-bond donors (Lipinski definition) is 2. The molecular formula is C25H30O7. The van der Waals surface area contributed by atoms with Crippen LogP contribution in [0.25, 0.3) is 0 Å². The molecule has 2 N–H and O–H groups in total. The molecular weight excluding hydrogens is 412 g/mol. The van der Waals surface area contributed by atoms with Gasteiger partial charge in [-0.15, -0.1) is 0 Å². The van der Waals surface area contributed by atoms with E-state index in [-0.39, 0.29) is 63.8 Å². The van der Waals surface area contributed by atoms with Gasteiger partial charge in [0, 0.05) is 18.4 Å². The maximum absolute atomic E-state index is 13.6. The van der Waals surface area contributed by atoms with Crippen LogP contribution in [0.2, 0.25) is 0 Å². The van der Waals surface area contributed by atoms with Gasteiger partial charge in [-0.1, -0.05) is 20.8 Å². The van der Waals surface area contributed by atoms with Crippen molar-refractivity contribution in [3.8, 4) is 17.2 Å². The largest absolute Gasteiger partial charge is 0.507 e. The second kappa shape index (κ2) is 6.59. The first-order valence-corrected chi connectivity index (χ1v) is 11.1. The van der Waals surface area contributed by atoms with Gasteiger partial charge in [-0.2, -0.15) is 0 Å². The first kappa shape index (κ1) is 22.4. The van der Waals surface area contributed by atoms with Crippen molar-refractivity contribution in [2.75, 3.05) is 0 Å². The minimum absolute atomic E-state index is 0.0160. The molecule has 1 aliphatic carbocycles. The number of ketones is 3. The fraction of sp³-hybridized carbons (Fsp3) is 0.560. The summed E-state index contributed by atoms with van der Waals surface area (Å²) in [6, 6.07) is 1.12. The van der Waals surface area contributed by atoms with Gasteiger partial charge in [-0.3, -0.25) is 14.4 Å². The molecule has 0 spiro atoms. The van der Waals surface area contributed by atoms with E-state index >= 15 is 0 Å². The molecule has 0 saturated carbocycles. The molecule has 0 saturated heterocycles. The quantitative estimate of drug-likeness (QED) is 0.525. The fourth-order valence-corrected chi connectivity index (χ4v) is 5.44. The number of ether oxygens (including phenoxy) is 2. The minimum atomic E-state index is -1.42. The second-order valence-corrected chi connectivity index (χ2v) is 10.4. The molecule has 2 heterocycles. The molecule has 2 atom stereocenters. The van der Waals surface area contributed by atoms with E-state index in [4.69, 9.17) is 9.47 Å². The third-order valence-corrected chi connectivity index (χ3v) is 7.10. The summed E-state index contributed by atoms with van der Waals surface area (Å²) in [7, 11) is 0. The highest BCUT2D eigenvalue weighted by Crippen LogP contribution is 2.66. The van der Waals surface area contributed by atoms with Crippen molar-refractivity contribution in [1.82, 2.24) is 0 Å². The molecule has 0 aromatic heterocycles. The maximum atomic E-state index is 13.6. The van der Waals surface area contributed by atoms with Crippen molar-refractivity contribution < 1.29 is 34.1 Å². The summed E-state index contributed by atoms with van der Waals surface area (Å²) < 4.78 is 12.7. The molecule has 2 aliphatic heterocycles. The Morgan fingerprint density at radius 3 is 2.25 bits per heavy atom. The van der Waals surface area contributed by atoms with Crippen LogP contribution in [0.4, 0.5) is 0 Å². The summed E-state index contributed by atoms with van der Waals surface area (Å²) >= 11 is 0. The highest BCUT2D eigenvalue weighted by Gasteiger charge is 2.69. The Morgan fingerprint density at radius 2 is 1.69 bits per heavy atom. The van der Waals surface area contributed by atoms with Crippen LogP contribution < -0.4 is 4.74 Å². The van der Waals surface area contributed by atoms with Crippen molar-refractivity contribution in [2.45, 2.75) is 73.0 Å². The number of carbonyl (C=O) groups excluding carboxylic acids is 3. The van der Waals surface area contributed by atoms with Gasteiger partial charge in [0.25, 0.3) is 5.79 Å². The zero-order valence-electron chi connectivity index (χ0n) is 19.6. The summed E-state index contributed by atoms with van der Waals surface area (Å²) in [5.74, 6) is -3.88. The molecule has 0 radical (unpaired) electrons. The molecule has 3 aliphatic rings. The molecule has 172 valence electrons. The molecule has 0 bridgehead atoms. The van der Waals surface area contributed by atoms with Crippen molar-refractivity contribution in [3.05, 3.63) is 28.5 Å². The lowest BCUT2D eigenvalue weighted by molar-refractivity contribution is -0.177. The number of Topliss-reactive ketones (excluding diaryl/α,β-unsaturated/α-hetero) is 3. The fourth-order valence-electron chi connectivity index (χ4n) is 5.44. The third kappa shape index (κ3) is 2.51. The van der Waals surface area contributed by atoms with E-state index in [1.807, 2.05) is 20.8 Å². The van der Waals surface area contributed by atoms with E-state index in [1.54, 1.807) is 27.7 Å². The lowest BCUT2D eigenvalue weighted by atomic mass is 9.61. The number of hydrogen-bond acceptors (Lipinski definition) is 7. The summed E-state index contributed by atoms with van der Waals surface area (Å²) in [4.78, 5) is 39.7. The smallest absolute Gasteiger partial charge is 0.264 e. The number of phenols is 2. The van der Waals surface area contributed by atoms with E-state index in [1.165, 1.54) is 0 Å². The summed E-state index contributed by atoms with van der Waals surface area (Å²) in [5.41, 5.74) is -1.83. The van der Waals surface area contributed by atoms with Crippen LogP contribution in [0, 0.1) is 16.7 Å². The van der Waals surface area contributed by atoms with Crippen LogP contribution >= 0.6 is 0 Å². The predicted molar refractivity (Wildman–Crippen MR) is 116 cm³/mol. The van der Waals surface area contributed by atoms with Gasteiger partial charge in [0.1, 0.15) is 34.5 Å². The van der Waals surface area contributed by atoms with Gasteiger partial charge in [-0.05, 0) is 34.1 Å². The predicted octanol–water partition coefficient (Wildman–Crippen LogP) is 4.40. The highest BCUT2D eigenvalue weighted by atomic mass is 16.7. The molecule has 7 nitrogen and oxygen atoms in total. The van der Waals surface area contributed by atoms with Gasteiger partial charge in [0.05, 0.1) is 22.0 Å². The first-order chi connectivity index (χ1) is 14.7. The van der Waals surface area contributed by atoms with Gasteiger partial charge < -0.3 is 19.7 Å². The Kier molecular flexibility index (Phi) is 4.61. The van der Waals surface area contributed by atoms with Crippen LogP contribution in [0.15, 0.2) is 17.4 Å². The molecule has 32 heavy (non-hydrogen) atoms. The number of fused-ring (bicyclic) bond motifs is 4. The number of carbonyl (C=O) groups is 3. The number of rotatable bonds is 4. The number of phenolic OH excluding ortho intramolecular Hbond substituents is 2. The summed E-state index contributed by atoms with van der Waals surface area (Å²) in [5, 5.41) is 21.4. The van der Waals surface area contributed by atoms with Crippen molar-refractivity contribution in [3.63, 3.8) is 0 Å². The molecule has 1 aromatic rings. The summed E-state index contributed by atoms with van der Waals surface area (Å²) in [6.45, 7) is 12.2. The van der Waals surface area contributed by atoms with E-state index in [0.29, 0.717) is 12.0 Å². The van der Waals surface area contributed by atoms with E-state index < -0.39 is 22.5 Å². The molecule has 1 aromatic carbocycles. The lowest BCUT2D eigenvalue weighted by Crippen LogP contribution is -2.48. The first-order valence-electron chi connectivity index (χ1n) is 11.1. The third-order valence-electron chi connectivity index (χ3n) is 7.10. The standard InChI is InChI=1S/C25H30O7/c1-8-9-12(26)15-13(27)10-14(28)16-18-17-20(29)23(4,5)22(30)24(6,7)21(17)32-25(18,11(2)3)31-19(15)16/h10-11,18,27-28H,8-9H2,1-7H3/t18-,25+/m0/s1.